The van der Waals surface area contributed by atoms with Gasteiger partial charge in [-0.1, -0.05) is 12.1 Å². The molecular weight excluding hydrogens is 551 g/mol. The minimum atomic E-state index is -0.978. The van der Waals surface area contributed by atoms with Crippen molar-refractivity contribution in [3.63, 3.8) is 0 Å². The van der Waals surface area contributed by atoms with Gasteiger partial charge in [0, 0.05) is 28.7 Å². The predicted octanol–water partition coefficient (Wildman–Crippen LogP) is 6.06. The smallest absolute Gasteiger partial charge is 0.306 e. The van der Waals surface area contributed by atoms with Crippen molar-refractivity contribution in [2.45, 2.75) is 64.6 Å². The van der Waals surface area contributed by atoms with Gasteiger partial charge < -0.3 is 25.1 Å². The first kappa shape index (κ1) is 30.2. The minimum Gasteiger partial charge on any atom is -0.492 e. The normalized spacial score (nSPS) is 18.0. The number of methoxy groups -OCH3 is 1. The van der Waals surface area contributed by atoms with Gasteiger partial charge in [0.25, 0.3) is 0 Å². The molecule has 2 unspecified atom stereocenters. The number of hydrogen-bond donors (Lipinski definition) is 2. The number of aliphatic hydroxyl groups is 1. The van der Waals surface area contributed by atoms with Crippen LogP contribution in [0.25, 0.3) is 11.1 Å². The average molecular weight is 589 g/mol. The second-order valence-electron chi connectivity index (χ2n) is 11.8. The number of carbonyl (C=O) groups is 1. The largest absolute Gasteiger partial charge is 0.492 e. The van der Waals surface area contributed by atoms with Crippen LogP contribution < -0.4 is 15.2 Å². The summed E-state index contributed by atoms with van der Waals surface area (Å²) in [7, 11) is 1.38. The van der Waals surface area contributed by atoms with E-state index in [0.717, 1.165) is 33.4 Å². The van der Waals surface area contributed by atoms with E-state index in [4.69, 9.17) is 19.9 Å². The molecule has 3 aromatic rings. The Morgan fingerprint density at radius 3 is 2.60 bits per heavy atom. The Morgan fingerprint density at radius 2 is 1.91 bits per heavy atom. The molecule has 10 heteroatoms. The van der Waals surface area contributed by atoms with Gasteiger partial charge >= 0.3 is 5.97 Å². The Kier molecular flexibility index (Phi) is 8.50. The Bertz CT molecular complexity index is 1590. The number of benzene rings is 3. The van der Waals surface area contributed by atoms with Crippen LogP contribution in [-0.2, 0) is 16.0 Å². The Balaban J connectivity index is 1.38. The maximum absolute atomic E-state index is 15.3. The molecule has 0 fully saturated rings. The summed E-state index contributed by atoms with van der Waals surface area (Å²) in [6, 6.07) is 12.8. The lowest BCUT2D eigenvalue weighted by molar-refractivity contribution is -0.141. The van der Waals surface area contributed by atoms with Gasteiger partial charge in [0.1, 0.15) is 23.4 Å². The number of aryl methyl sites for hydroxylation is 2. The molecule has 0 saturated heterocycles. The van der Waals surface area contributed by atoms with Crippen molar-refractivity contribution in [1.82, 2.24) is 0 Å². The third-order valence-electron chi connectivity index (χ3n) is 7.84. The van der Waals surface area contributed by atoms with E-state index in [2.05, 4.69) is 15.4 Å². The Morgan fingerprint density at radius 1 is 1.16 bits per heavy atom. The maximum atomic E-state index is 15.3. The molecule has 0 amide bonds. The van der Waals surface area contributed by atoms with Gasteiger partial charge in [0.2, 0.25) is 0 Å². The predicted molar refractivity (Wildman–Crippen MR) is 161 cm³/mol. The first-order valence-electron chi connectivity index (χ1n) is 14.3. The van der Waals surface area contributed by atoms with Crippen LogP contribution in [0.3, 0.4) is 0 Å². The van der Waals surface area contributed by atoms with E-state index in [0.29, 0.717) is 42.1 Å². The molecule has 2 aliphatic rings. The van der Waals surface area contributed by atoms with Gasteiger partial charge in [-0.25, -0.2) is 4.39 Å². The number of esters is 1. The van der Waals surface area contributed by atoms with Crippen molar-refractivity contribution >= 4 is 11.8 Å². The molecule has 226 valence electrons. The van der Waals surface area contributed by atoms with Crippen molar-refractivity contribution in [2.24, 2.45) is 21.2 Å². The third-order valence-corrected chi connectivity index (χ3v) is 7.84. The van der Waals surface area contributed by atoms with Gasteiger partial charge in [-0.2, -0.15) is 5.11 Å². The molecule has 1 aliphatic heterocycles. The van der Waals surface area contributed by atoms with Gasteiger partial charge in [-0.15, -0.1) is 5.10 Å². The van der Waals surface area contributed by atoms with Gasteiger partial charge in [0.15, 0.2) is 5.84 Å². The van der Waals surface area contributed by atoms with Crippen LogP contribution in [-0.4, -0.2) is 42.8 Å². The topological polar surface area (TPSA) is 128 Å². The highest BCUT2D eigenvalue weighted by atomic mass is 19.1. The second-order valence-corrected chi connectivity index (χ2v) is 11.8. The summed E-state index contributed by atoms with van der Waals surface area (Å²) in [6.45, 7) is 7.77. The van der Waals surface area contributed by atoms with Crippen LogP contribution in [0.5, 0.6) is 11.5 Å². The summed E-state index contributed by atoms with van der Waals surface area (Å²) in [5.74, 6) is 0.836. The number of nitrogens with two attached hydrogens (primary N) is 1. The van der Waals surface area contributed by atoms with Crippen molar-refractivity contribution in [3.8, 4) is 22.6 Å². The zero-order valence-electron chi connectivity index (χ0n) is 25.1. The Hall–Kier alpha value is -4.31. The lowest BCUT2D eigenvalue weighted by atomic mass is 9.89. The van der Waals surface area contributed by atoms with Crippen LogP contribution in [0.4, 0.5) is 4.39 Å². The average Bonchev–Trinajstić information content (AvgIpc) is 3.55. The third kappa shape index (κ3) is 6.54. The van der Waals surface area contributed by atoms with E-state index in [1.807, 2.05) is 50.2 Å². The van der Waals surface area contributed by atoms with E-state index in [9.17, 15) is 9.90 Å². The first-order chi connectivity index (χ1) is 20.4. The Labute approximate surface area is 250 Å². The summed E-state index contributed by atoms with van der Waals surface area (Å²) in [5, 5.41) is 21.4. The van der Waals surface area contributed by atoms with E-state index in [-0.39, 0.29) is 36.5 Å². The molecule has 0 aromatic heterocycles. The van der Waals surface area contributed by atoms with E-state index >= 15 is 4.39 Å². The van der Waals surface area contributed by atoms with Crippen molar-refractivity contribution in [1.29, 1.82) is 0 Å². The number of rotatable bonds is 9. The standard InChI is InChI=1S/C33H37FN4O5/c1-18-12-20(32(35)37-38-36-17-33(3,4)40)13-19(2)30(18)24-8-10-26(34)31-25(24)9-11-27(31)43-22-6-7-23-21(14-29(39)41-5)16-42-28(23)15-22/h6-8,10,12-13,15,21,27,40H,9,11,14,16-17H2,1-5H3,(H2,35,36,37). The quantitative estimate of drug-likeness (QED) is 0.103. The number of amidine groups is 1. The molecule has 0 spiro atoms. The highest BCUT2D eigenvalue weighted by molar-refractivity contribution is 5.98. The summed E-state index contributed by atoms with van der Waals surface area (Å²) in [5.41, 5.74) is 12.3. The fourth-order valence-corrected chi connectivity index (χ4v) is 5.85. The van der Waals surface area contributed by atoms with Crippen LogP contribution >= 0.6 is 0 Å². The molecule has 3 aromatic carbocycles. The molecule has 2 atom stereocenters. The molecule has 3 N–H and O–H groups in total. The van der Waals surface area contributed by atoms with Gasteiger partial charge in [0.05, 0.1) is 32.3 Å². The lowest BCUT2D eigenvalue weighted by Gasteiger charge is -2.19. The number of ether oxygens (including phenoxy) is 3. The number of nitrogens with zero attached hydrogens (tertiary/aromatic N) is 3. The van der Waals surface area contributed by atoms with Crippen molar-refractivity contribution in [3.05, 3.63) is 81.7 Å². The number of hydrogen-bond acceptors (Lipinski definition) is 7. The molecule has 5 rings (SSSR count). The fraction of sp³-hybridized carbons (Fsp3) is 0.394. The van der Waals surface area contributed by atoms with E-state index in [1.165, 1.54) is 13.2 Å². The van der Waals surface area contributed by atoms with Crippen LogP contribution in [0.1, 0.15) is 72.1 Å². The summed E-state index contributed by atoms with van der Waals surface area (Å²) in [4.78, 5) is 11.8. The SMILES string of the molecule is COC(=O)CC1COc2cc(OC3CCc4c(-c5c(C)cc(C(N)=NN=NCC(C)(C)O)cc5C)ccc(F)c43)ccc21. The minimum absolute atomic E-state index is 0.0636. The van der Waals surface area contributed by atoms with Gasteiger partial charge in [-0.05, 0) is 97.8 Å². The maximum Gasteiger partial charge on any atom is 0.306 e. The summed E-state index contributed by atoms with van der Waals surface area (Å²) >= 11 is 0. The summed E-state index contributed by atoms with van der Waals surface area (Å²) in [6.07, 6.45) is 1.11. The summed E-state index contributed by atoms with van der Waals surface area (Å²) < 4.78 is 32.3. The number of fused-ring (bicyclic) bond motifs is 2. The highest BCUT2D eigenvalue weighted by Gasteiger charge is 2.32. The monoisotopic (exact) mass is 588 g/mol. The molecule has 0 radical (unpaired) electrons. The zero-order valence-corrected chi connectivity index (χ0v) is 25.1. The molecule has 1 aliphatic carbocycles. The molecular formula is C33H37FN4O5. The van der Waals surface area contributed by atoms with Crippen LogP contribution in [0.2, 0.25) is 0 Å². The molecule has 1 heterocycles. The van der Waals surface area contributed by atoms with E-state index < -0.39 is 11.7 Å². The first-order valence-corrected chi connectivity index (χ1v) is 14.3. The van der Waals surface area contributed by atoms with Crippen molar-refractivity contribution in [2.75, 3.05) is 20.3 Å². The van der Waals surface area contributed by atoms with Crippen LogP contribution in [0.15, 0.2) is 57.9 Å². The molecule has 0 saturated carbocycles. The zero-order chi connectivity index (χ0) is 30.9. The van der Waals surface area contributed by atoms with Gasteiger partial charge in [-0.3, -0.25) is 4.79 Å². The molecule has 43 heavy (non-hydrogen) atoms. The number of carbonyl (C=O) groups excluding carboxylic acids is 1. The fourth-order valence-electron chi connectivity index (χ4n) is 5.85. The highest BCUT2D eigenvalue weighted by Crippen LogP contribution is 2.45. The van der Waals surface area contributed by atoms with Crippen molar-refractivity contribution < 1.29 is 28.5 Å². The van der Waals surface area contributed by atoms with E-state index in [1.54, 1.807) is 13.8 Å². The van der Waals surface area contributed by atoms with Crippen LogP contribution in [0, 0.1) is 19.7 Å². The molecule has 0 bridgehead atoms. The number of halogens is 1. The molecule has 9 nitrogen and oxygen atoms in total. The lowest BCUT2D eigenvalue weighted by Crippen LogP contribution is -2.22. The second kappa shape index (κ2) is 12.1.